The monoisotopic (exact) mass is 298 g/mol. The van der Waals surface area contributed by atoms with E-state index in [4.69, 9.17) is 9.47 Å². The summed E-state index contributed by atoms with van der Waals surface area (Å²) in [6.45, 7) is 6.44. The summed E-state index contributed by atoms with van der Waals surface area (Å²) in [5, 5.41) is 5.47. The van der Waals surface area contributed by atoms with Crippen molar-refractivity contribution < 1.29 is 14.3 Å². The van der Waals surface area contributed by atoms with Gasteiger partial charge in [-0.05, 0) is 20.8 Å². The van der Waals surface area contributed by atoms with E-state index >= 15 is 0 Å². The number of nitrogens with one attached hydrogen (secondary N) is 3. The Labute approximate surface area is 123 Å². The molecule has 0 bridgehead atoms. The lowest BCUT2D eigenvalue weighted by atomic mass is 10.2. The van der Waals surface area contributed by atoms with E-state index in [1.807, 2.05) is 0 Å². The third kappa shape index (κ3) is 7.31. The molecule has 0 aliphatic rings. The molecule has 3 N–H and O–H groups in total. The van der Waals surface area contributed by atoms with E-state index in [1.54, 1.807) is 27.9 Å². The minimum Gasteiger partial charge on any atom is -0.444 e. The second-order valence-corrected chi connectivity index (χ2v) is 5.36. The fourth-order valence-electron chi connectivity index (χ4n) is 1.43. The van der Waals surface area contributed by atoms with Gasteiger partial charge in [-0.15, -0.1) is 0 Å². The number of methoxy groups -OCH3 is 1. The molecule has 0 aromatic carbocycles. The van der Waals surface area contributed by atoms with Crippen LogP contribution in [0.15, 0.2) is 10.9 Å². The number of H-pyrrole nitrogens is 1. The Morgan fingerprint density at radius 2 is 2.14 bits per heavy atom. The lowest BCUT2D eigenvalue weighted by molar-refractivity contribution is 0.0523. The van der Waals surface area contributed by atoms with Gasteiger partial charge in [0.2, 0.25) is 5.95 Å². The van der Waals surface area contributed by atoms with Crippen LogP contribution in [0.5, 0.6) is 0 Å². The highest BCUT2D eigenvalue weighted by Gasteiger charge is 2.15. The van der Waals surface area contributed by atoms with Crippen LogP contribution < -0.4 is 16.2 Å². The molecular weight excluding hydrogens is 276 g/mol. The Hall–Kier alpha value is -2.09. The first kappa shape index (κ1) is 17.0. The van der Waals surface area contributed by atoms with Gasteiger partial charge in [0, 0.05) is 19.7 Å². The zero-order valence-corrected chi connectivity index (χ0v) is 12.8. The predicted molar refractivity (Wildman–Crippen MR) is 78.3 cm³/mol. The molecule has 0 unspecified atom stereocenters. The van der Waals surface area contributed by atoms with Gasteiger partial charge in [0.25, 0.3) is 5.56 Å². The van der Waals surface area contributed by atoms with Crippen LogP contribution in [0.4, 0.5) is 10.7 Å². The van der Waals surface area contributed by atoms with Gasteiger partial charge in [-0.3, -0.25) is 9.78 Å². The highest BCUT2D eigenvalue weighted by Crippen LogP contribution is 2.06. The van der Waals surface area contributed by atoms with Crippen LogP contribution in [0.1, 0.15) is 26.5 Å². The number of hydrogen-bond acceptors (Lipinski definition) is 6. The number of alkyl carbamates (subject to hydrolysis) is 1. The number of nitrogens with zero attached hydrogens (tertiary/aromatic N) is 1. The topological polar surface area (TPSA) is 105 Å². The molecule has 8 heteroatoms. The molecule has 0 radical (unpaired) electrons. The van der Waals surface area contributed by atoms with Crippen molar-refractivity contribution in [2.45, 2.75) is 32.9 Å². The lowest BCUT2D eigenvalue weighted by Gasteiger charge is -2.19. The average Bonchev–Trinajstić information content (AvgIpc) is 2.34. The van der Waals surface area contributed by atoms with E-state index < -0.39 is 11.7 Å². The number of amides is 1. The lowest BCUT2D eigenvalue weighted by Crippen LogP contribution is -2.32. The van der Waals surface area contributed by atoms with E-state index in [0.29, 0.717) is 24.8 Å². The largest absolute Gasteiger partial charge is 0.444 e. The molecule has 118 valence electrons. The van der Waals surface area contributed by atoms with E-state index in [0.717, 1.165) is 0 Å². The molecule has 1 aromatic rings. The maximum Gasteiger partial charge on any atom is 0.407 e. The minimum absolute atomic E-state index is 0.109. The Bertz CT molecular complexity index is 522. The van der Waals surface area contributed by atoms with Crippen molar-refractivity contribution in [1.29, 1.82) is 0 Å². The first-order valence-electron chi connectivity index (χ1n) is 6.60. The number of carbonyl (C=O) groups excluding carboxylic acids is 1. The molecule has 1 aromatic heterocycles. The molecule has 21 heavy (non-hydrogen) atoms. The summed E-state index contributed by atoms with van der Waals surface area (Å²) in [7, 11) is 1.58. The van der Waals surface area contributed by atoms with Crippen LogP contribution in [0.3, 0.4) is 0 Å². The van der Waals surface area contributed by atoms with Crippen LogP contribution in [0, 0.1) is 0 Å². The third-order valence-electron chi connectivity index (χ3n) is 2.21. The van der Waals surface area contributed by atoms with Gasteiger partial charge >= 0.3 is 6.09 Å². The summed E-state index contributed by atoms with van der Waals surface area (Å²) in [5.41, 5.74) is -0.436. The molecule has 0 saturated carbocycles. The quantitative estimate of drug-likeness (QED) is 0.672. The maximum absolute atomic E-state index is 11.5. The van der Waals surface area contributed by atoms with Crippen LogP contribution in [0.25, 0.3) is 0 Å². The second-order valence-electron chi connectivity index (χ2n) is 5.36. The van der Waals surface area contributed by atoms with Crippen molar-refractivity contribution in [2.24, 2.45) is 0 Å². The first-order valence-corrected chi connectivity index (χ1v) is 6.60. The van der Waals surface area contributed by atoms with Crippen LogP contribution in [0.2, 0.25) is 0 Å². The number of aromatic amines is 1. The van der Waals surface area contributed by atoms with E-state index in [1.165, 1.54) is 6.07 Å². The van der Waals surface area contributed by atoms with E-state index in [9.17, 15) is 9.59 Å². The highest BCUT2D eigenvalue weighted by atomic mass is 16.6. The van der Waals surface area contributed by atoms with Crippen molar-refractivity contribution >= 4 is 12.0 Å². The molecule has 1 rings (SSSR count). The Kier molecular flexibility index (Phi) is 6.16. The van der Waals surface area contributed by atoms with Crippen molar-refractivity contribution in [3.63, 3.8) is 0 Å². The van der Waals surface area contributed by atoms with Gasteiger partial charge in [0.1, 0.15) is 5.60 Å². The first-order chi connectivity index (χ1) is 9.80. The van der Waals surface area contributed by atoms with E-state index in [2.05, 4.69) is 20.6 Å². The standard InChI is InChI=1S/C13H22N4O4/c1-13(2,3)21-12(19)15-8-9-7-10(18)17-11(16-9)14-5-6-20-4/h7H,5-6,8H2,1-4H3,(H,15,19)(H2,14,16,17,18). The van der Waals surface area contributed by atoms with Crippen molar-refractivity contribution in [3.05, 3.63) is 22.1 Å². The summed E-state index contributed by atoms with van der Waals surface area (Å²) in [5.74, 6) is 0.334. The van der Waals surface area contributed by atoms with Gasteiger partial charge in [-0.2, -0.15) is 0 Å². The van der Waals surface area contributed by atoms with Crippen LogP contribution in [-0.2, 0) is 16.0 Å². The summed E-state index contributed by atoms with van der Waals surface area (Å²) in [6.07, 6.45) is -0.557. The Balaban J connectivity index is 2.58. The molecule has 0 aliphatic heterocycles. The van der Waals surface area contributed by atoms with Gasteiger partial charge in [0.05, 0.1) is 18.8 Å². The zero-order valence-electron chi connectivity index (χ0n) is 12.8. The zero-order chi connectivity index (χ0) is 15.9. The number of ether oxygens (including phenoxy) is 2. The van der Waals surface area contributed by atoms with Gasteiger partial charge < -0.3 is 20.1 Å². The molecule has 0 atom stereocenters. The number of hydrogen-bond donors (Lipinski definition) is 3. The van der Waals surface area contributed by atoms with Crippen molar-refractivity contribution in [1.82, 2.24) is 15.3 Å². The van der Waals surface area contributed by atoms with E-state index in [-0.39, 0.29) is 12.1 Å². The van der Waals surface area contributed by atoms with Crippen LogP contribution >= 0.6 is 0 Å². The molecule has 8 nitrogen and oxygen atoms in total. The number of carbonyl (C=O) groups is 1. The number of aromatic nitrogens is 2. The fraction of sp³-hybridized carbons (Fsp3) is 0.615. The fourth-order valence-corrected chi connectivity index (χ4v) is 1.43. The Morgan fingerprint density at radius 3 is 2.76 bits per heavy atom. The molecule has 1 amide bonds. The Morgan fingerprint density at radius 1 is 1.43 bits per heavy atom. The molecule has 0 saturated heterocycles. The van der Waals surface area contributed by atoms with Gasteiger partial charge in [0.15, 0.2) is 0 Å². The average molecular weight is 298 g/mol. The summed E-state index contributed by atoms with van der Waals surface area (Å²) < 4.78 is 10.00. The van der Waals surface area contributed by atoms with Crippen molar-refractivity contribution in [3.8, 4) is 0 Å². The number of rotatable bonds is 6. The smallest absolute Gasteiger partial charge is 0.407 e. The highest BCUT2D eigenvalue weighted by molar-refractivity contribution is 5.67. The van der Waals surface area contributed by atoms with Gasteiger partial charge in [-0.1, -0.05) is 0 Å². The second kappa shape index (κ2) is 7.63. The molecular formula is C13H22N4O4. The van der Waals surface area contributed by atoms with Crippen molar-refractivity contribution in [2.75, 3.05) is 25.6 Å². The number of anilines is 1. The summed E-state index contributed by atoms with van der Waals surface area (Å²) in [4.78, 5) is 29.8. The third-order valence-corrected chi connectivity index (χ3v) is 2.21. The molecule has 0 fully saturated rings. The predicted octanol–water partition coefficient (Wildman–Crippen LogP) is 0.853. The summed E-state index contributed by atoms with van der Waals surface area (Å²) >= 11 is 0. The summed E-state index contributed by atoms with van der Waals surface area (Å²) in [6, 6.07) is 1.32. The van der Waals surface area contributed by atoms with Gasteiger partial charge in [-0.25, -0.2) is 9.78 Å². The molecule has 1 heterocycles. The molecule has 0 spiro atoms. The van der Waals surface area contributed by atoms with Crippen LogP contribution in [-0.4, -0.2) is 41.9 Å². The minimum atomic E-state index is -0.571. The molecule has 0 aliphatic carbocycles. The maximum atomic E-state index is 11.5. The normalized spacial score (nSPS) is 11.0. The SMILES string of the molecule is COCCNc1nc(CNC(=O)OC(C)(C)C)cc(=O)[nH]1.